The summed E-state index contributed by atoms with van der Waals surface area (Å²) in [5, 5.41) is 10.2. The van der Waals surface area contributed by atoms with Crippen molar-refractivity contribution in [3.8, 4) is 0 Å². The Balaban J connectivity index is 2.31. The van der Waals surface area contributed by atoms with Crippen molar-refractivity contribution >= 4 is 0 Å². The first-order valence-electron chi connectivity index (χ1n) is 4.59. The van der Waals surface area contributed by atoms with E-state index in [1.807, 2.05) is 20.8 Å². The lowest BCUT2D eigenvalue weighted by Crippen LogP contribution is -2.53. The number of hydrogen-bond acceptors (Lipinski definition) is 2. The molecule has 2 heterocycles. The Bertz CT molecular complexity index is 200. The van der Waals surface area contributed by atoms with Crippen LogP contribution < -0.4 is 0 Å². The van der Waals surface area contributed by atoms with Crippen LogP contribution in [0.15, 0.2) is 12.2 Å². The minimum Gasteiger partial charge on any atom is -0.389 e. The van der Waals surface area contributed by atoms with Crippen LogP contribution in [0.5, 0.6) is 0 Å². The third kappa shape index (κ3) is 0.882. The normalized spacial score (nSPS) is 57.7. The molecule has 0 saturated carbocycles. The Morgan fingerprint density at radius 3 is 2.00 bits per heavy atom. The number of fused-ring (bicyclic) bond motifs is 2. The summed E-state index contributed by atoms with van der Waals surface area (Å²) in [5.41, 5.74) is -0.586. The number of rotatable bonds is 0. The minimum atomic E-state index is -0.586. The van der Waals surface area contributed by atoms with Gasteiger partial charge in [0, 0.05) is 11.8 Å². The predicted octanol–water partition coefficient (Wildman–Crippen LogP) is 1.35. The quantitative estimate of drug-likeness (QED) is 0.553. The van der Waals surface area contributed by atoms with E-state index >= 15 is 0 Å². The third-order valence-electron chi connectivity index (χ3n) is 3.63. The van der Waals surface area contributed by atoms with Gasteiger partial charge in [-0.1, -0.05) is 26.0 Å². The predicted molar refractivity (Wildman–Crippen MR) is 46.8 cm³/mol. The van der Waals surface area contributed by atoms with Crippen molar-refractivity contribution in [3.63, 3.8) is 0 Å². The zero-order valence-corrected chi connectivity index (χ0v) is 7.82. The smallest absolute Gasteiger partial charge is 0.0817 e. The maximum atomic E-state index is 10.2. The van der Waals surface area contributed by atoms with E-state index in [2.05, 4.69) is 12.2 Å². The molecule has 0 aliphatic carbocycles. The van der Waals surface area contributed by atoms with Crippen LogP contribution in [-0.2, 0) is 4.74 Å². The summed E-state index contributed by atoms with van der Waals surface area (Å²) in [7, 11) is 0. The van der Waals surface area contributed by atoms with Gasteiger partial charge in [-0.2, -0.15) is 0 Å². The lowest BCUT2D eigenvalue weighted by atomic mass is 9.75. The van der Waals surface area contributed by atoms with E-state index in [4.69, 9.17) is 4.74 Å². The van der Waals surface area contributed by atoms with Crippen LogP contribution in [-0.4, -0.2) is 22.9 Å². The molecule has 2 bridgehead atoms. The molecule has 2 rings (SSSR count). The standard InChI is InChI=1S/C10H16O2/c1-6-8-4-5-9(12-8)7(2)10(6,3)11/h4-9,11H,1-3H3/t6-,7+,8+,9?,10?/m0/s1. The van der Waals surface area contributed by atoms with Gasteiger partial charge in [0.1, 0.15) is 0 Å². The number of aliphatic hydroxyl groups is 1. The van der Waals surface area contributed by atoms with Crippen molar-refractivity contribution in [1.29, 1.82) is 0 Å². The summed E-state index contributed by atoms with van der Waals surface area (Å²) in [6, 6.07) is 0. The molecule has 0 aromatic carbocycles. The Hall–Kier alpha value is -0.340. The SMILES string of the molecule is C[C@@H]1C2C=C[C@@H](O2)[C@H](C)C1(C)O. The van der Waals surface area contributed by atoms with Crippen LogP contribution in [0.3, 0.4) is 0 Å². The molecule has 0 aromatic rings. The average Bonchev–Trinajstić information content (AvgIpc) is 2.45. The first-order chi connectivity index (χ1) is 5.53. The molecule has 1 N–H and O–H groups in total. The average molecular weight is 168 g/mol. The highest BCUT2D eigenvalue weighted by Crippen LogP contribution is 2.42. The molecule has 0 amide bonds. The summed E-state index contributed by atoms with van der Waals surface area (Å²) in [6.45, 7) is 6.01. The molecule has 0 aromatic heterocycles. The van der Waals surface area contributed by atoms with E-state index in [0.29, 0.717) is 0 Å². The Morgan fingerprint density at radius 2 is 1.58 bits per heavy atom. The van der Waals surface area contributed by atoms with Crippen LogP contribution in [0.1, 0.15) is 20.8 Å². The monoisotopic (exact) mass is 168 g/mol. The van der Waals surface area contributed by atoms with Crippen LogP contribution in [0, 0.1) is 11.8 Å². The highest BCUT2D eigenvalue weighted by atomic mass is 16.5. The van der Waals surface area contributed by atoms with E-state index in [0.717, 1.165) is 0 Å². The van der Waals surface area contributed by atoms with E-state index < -0.39 is 5.60 Å². The van der Waals surface area contributed by atoms with Crippen molar-refractivity contribution in [1.82, 2.24) is 0 Å². The van der Waals surface area contributed by atoms with E-state index in [1.54, 1.807) is 0 Å². The second kappa shape index (κ2) is 2.33. The van der Waals surface area contributed by atoms with Crippen LogP contribution in [0.25, 0.3) is 0 Å². The first kappa shape index (κ1) is 8.27. The summed E-state index contributed by atoms with van der Waals surface area (Å²) >= 11 is 0. The molecule has 2 unspecified atom stereocenters. The Labute approximate surface area is 73.2 Å². The topological polar surface area (TPSA) is 29.5 Å². The molecular formula is C10H16O2. The molecule has 2 aliphatic rings. The van der Waals surface area contributed by atoms with Gasteiger partial charge in [-0.15, -0.1) is 0 Å². The van der Waals surface area contributed by atoms with Crippen LogP contribution in [0.4, 0.5) is 0 Å². The molecular weight excluding hydrogens is 152 g/mol. The third-order valence-corrected chi connectivity index (χ3v) is 3.63. The second-order valence-corrected chi connectivity index (χ2v) is 4.25. The van der Waals surface area contributed by atoms with Gasteiger partial charge in [-0.05, 0) is 6.92 Å². The molecule has 1 saturated heterocycles. The fourth-order valence-corrected chi connectivity index (χ4v) is 2.14. The number of hydrogen-bond donors (Lipinski definition) is 1. The van der Waals surface area contributed by atoms with Gasteiger partial charge in [0.15, 0.2) is 0 Å². The zero-order valence-electron chi connectivity index (χ0n) is 7.82. The fraction of sp³-hybridized carbons (Fsp3) is 0.800. The minimum absolute atomic E-state index is 0.126. The highest BCUT2D eigenvalue weighted by molar-refractivity contribution is 5.14. The molecule has 12 heavy (non-hydrogen) atoms. The van der Waals surface area contributed by atoms with Crippen molar-refractivity contribution < 1.29 is 9.84 Å². The van der Waals surface area contributed by atoms with Crippen LogP contribution >= 0.6 is 0 Å². The lowest BCUT2D eigenvalue weighted by Gasteiger charge is -2.44. The molecule has 1 fully saturated rings. The summed E-state index contributed by atoms with van der Waals surface area (Å²) < 4.78 is 5.69. The van der Waals surface area contributed by atoms with E-state index in [-0.39, 0.29) is 24.0 Å². The largest absolute Gasteiger partial charge is 0.389 e. The summed E-state index contributed by atoms with van der Waals surface area (Å²) in [5.74, 6) is 0.394. The first-order valence-corrected chi connectivity index (χ1v) is 4.59. The van der Waals surface area contributed by atoms with Gasteiger partial charge < -0.3 is 9.84 Å². The van der Waals surface area contributed by atoms with Crippen LogP contribution in [0.2, 0.25) is 0 Å². The molecule has 0 spiro atoms. The van der Waals surface area contributed by atoms with Gasteiger partial charge in [0.2, 0.25) is 0 Å². The molecule has 0 radical (unpaired) electrons. The molecule has 2 aliphatic heterocycles. The van der Waals surface area contributed by atoms with Gasteiger partial charge in [0.25, 0.3) is 0 Å². The molecule has 68 valence electrons. The van der Waals surface area contributed by atoms with E-state index in [9.17, 15) is 5.11 Å². The van der Waals surface area contributed by atoms with Gasteiger partial charge in [0.05, 0.1) is 17.8 Å². The maximum absolute atomic E-state index is 10.2. The van der Waals surface area contributed by atoms with Crippen molar-refractivity contribution in [2.24, 2.45) is 11.8 Å². The Morgan fingerprint density at radius 1 is 1.17 bits per heavy atom. The summed E-state index contributed by atoms with van der Waals surface area (Å²) in [6.07, 6.45) is 4.41. The molecule has 5 atom stereocenters. The van der Waals surface area contributed by atoms with Crippen molar-refractivity contribution in [2.45, 2.75) is 38.6 Å². The molecule has 2 nitrogen and oxygen atoms in total. The zero-order chi connectivity index (χ0) is 8.93. The molecule has 2 heteroatoms. The summed E-state index contributed by atoms with van der Waals surface area (Å²) in [4.78, 5) is 0. The fourth-order valence-electron chi connectivity index (χ4n) is 2.14. The van der Waals surface area contributed by atoms with Crippen molar-refractivity contribution in [3.05, 3.63) is 12.2 Å². The number of ether oxygens (including phenoxy) is 1. The van der Waals surface area contributed by atoms with Gasteiger partial charge in [-0.3, -0.25) is 0 Å². The second-order valence-electron chi connectivity index (χ2n) is 4.25. The maximum Gasteiger partial charge on any atom is 0.0817 e. The van der Waals surface area contributed by atoms with Crippen molar-refractivity contribution in [2.75, 3.05) is 0 Å². The Kier molecular flexibility index (Phi) is 1.61. The van der Waals surface area contributed by atoms with Gasteiger partial charge in [-0.25, -0.2) is 0 Å². The van der Waals surface area contributed by atoms with Gasteiger partial charge >= 0.3 is 0 Å². The lowest BCUT2D eigenvalue weighted by molar-refractivity contribution is -0.171. The highest BCUT2D eigenvalue weighted by Gasteiger charge is 2.49. The van der Waals surface area contributed by atoms with E-state index in [1.165, 1.54) is 0 Å².